The molecule has 11 nitrogen and oxygen atoms in total. The number of hydrogen-bond acceptors (Lipinski definition) is 8. The number of ether oxygens (including phenoxy) is 1. The molecule has 41 heavy (non-hydrogen) atoms. The fraction of sp³-hybridized carbons (Fsp3) is 0.593. The number of rotatable bonds is 11. The van der Waals surface area contributed by atoms with Gasteiger partial charge in [-0.15, -0.1) is 0 Å². The summed E-state index contributed by atoms with van der Waals surface area (Å²) in [6.07, 6.45) is 0.196. The van der Waals surface area contributed by atoms with Crippen molar-refractivity contribution < 1.29 is 36.5 Å². The summed E-state index contributed by atoms with van der Waals surface area (Å²) < 4.78 is 56.2. The second-order valence-corrected chi connectivity index (χ2v) is 11.1. The van der Waals surface area contributed by atoms with Crippen LogP contribution in [-0.2, 0) is 11.2 Å². The van der Waals surface area contributed by atoms with E-state index in [9.17, 15) is 22.8 Å². The van der Waals surface area contributed by atoms with Crippen molar-refractivity contribution in [2.24, 2.45) is 17.8 Å². The van der Waals surface area contributed by atoms with Crippen molar-refractivity contribution in [3.63, 3.8) is 0 Å². The van der Waals surface area contributed by atoms with Gasteiger partial charge < -0.3 is 24.7 Å². The van der Waals surface area contributed by atoms with Crippen molar-refractivity contribution in [3.8, 4) is 0 Å². The van der Waals surface area contributed by atoms with E-state index in [-0.39, 0.29) is 18.2 Å². The summed E-state index contributed by atoms with van der Waals surface area (Å²) in [6, 6.07) is 1.00. The maximum atomic E-state index is 13.3. The fourth-order valence-electron chi connectivity index (χ4n) is 5.87. The van der Waals surface area contributed by atoms with Crippen LogP contribution in [0.4, 0.5) is 18.0 Å². The van der Waals surface area contributed by atoms with Crippen molar-refractivity contribution in [1.29, 1.82) is 0 Å². The predicted molar refractivity (Wildman–Crippen MR) is 137 cm³/mol. The Bertz CT molecular complexity index is 1420. The molecule has 3 fully saturated rings. The lowest BCUT2D eigenvalue weighted by Crippen LogP contribution is -2.40. The highest BCUT2D eigenvalue weighted by Crippen LogP contribution is 2.54. The summed E-state index contributed by atoms with van der Waals surface area (Å²) in [5.41, 5.74) is 2.07. The molecule has 0 radical (unpaired) electrons. The molecule has 3 aromatic rings. The van der Waals surface area contributed by atoms with Crippen LogP contribution >= 0.6 is 0 Å². The third-order valence-corrected chi connectivity index (χ3v) is 8.22. The Balaban J connectivity index is 1.31. The number of halogens is 3. The lowest BCUT2D eigenvalue weighted by atomic mass is 9.89. The number of amides is 3. The number of fused-ring (bicyclic) bond motifs is 1. The van der Waals surface area contributed by atoms with Crippen LogP contribution in [0, 0.1) is 17.8 Å². The largest absolute Gasteiger partial charge is 0.438 e. The Kier molecular flexibility index (Phi) is 7.12. The number of hydrogen-bond donors (Lipinski definition) is 2. The van der Waals surface area contributed by atoms with Crippen LogP contribution in [0.1, 0.15) is 72.3 Å². The van der Waals surface area contributed by atoms with Gasteiger partial charge in [0.1, 0.15) is 23.3 Å². The van der Waals surface area contributed by atoms with Gasteiger partial charge in [-0.2, -0.15) is 13.2 Å². The molecule has 3 heterocycles. The minimum Gasteiger partial charge on any atom is -0.438 e. The van der Waals surface area contributed by atoms with Crippen LogP contribution in [0.25, 0.3) is 11.1 Å². The number of carbonyl (C=O) groups is 2. The first-order valence-electron chi connectivity index (χ1n) is 13.8. The third-order valence-electron chi connectivity index (χ3n) is 8.22. The molecular weight excluding hydrogens is 545 g/mol. The van der Waals surface area contributed by atoms with Gasteiger partial charge in [0.25, 0.3) is 5.91 Å². The van der Waals surface area contributed by atoms with E-state index in [0.29, 0.717) is 46.5 Å². The van der Waals surface area contributed by atoms with Crippen molar-refractivity contribution >= 4 is 23.0 Å². The van der Waals surface area contributed by atoms with Crippen molar-refractivity contribution in [2.75, 3.05) is 20.3 Å². The van der Waals surface area contributed by atoms with E-state index < -0.39 is 42.8 Å². The number of methoxy groups -OCH3 is 1. The Morgan fingerprint density at radius 1 is 1.22 bits per heavy atom. The van der Waals surface area contributed by atoms with E-state index in [1.54, 1.807) is 18.2 Å². The Morgan fingerprint density at radius 3 is 2.56 bits per heavy atom. The van der Waals surface area contributed by atoms with Gasteiger partial charge >= 0.3 is 12.2 Å². The number of aryl methyl sites for hydroxylation is 1. The molecule has 220 valence electrons. The minimum absolute atomic E-state index is 0.0101. The zero-order chi connectivity index (χ0) is 28.9. The molecule has 1 aliphatic heterocycles. The highest BCUT2D eigenvalue weighted by molar-refractivity contribution is 5.93. The number of alkyl halides is 3. The van der Waals surface area contributed by atoms with Crippen molar-refractivity contribution in [3.05, 3.63) is 41.0 Å². The molecule has 2 N–H and O–H groups in total. The highest BCUT2D eigenvalue weighted by atomic mass is 19.4. The quantitative estimate of drug-likeness (QED) is 0.345. The van der Waals surface area contributed by atoms with Gasteiger partial charge in [0, 0.05) is 7.11 Å². The summed E-state index contributed by atoms with van der Waals surface area (Å²) in [5, 5.41) is 12.7. The van der Waals surface area contributed by atoms with E-state index in [1.807, 2.05) is 12.2 Å². The van der Waals surface area contributed by atoms with Gasteiger partial charge in [0.15, 0.2) is 11.3 Å². The van der Waals surface area contributed by atoms with Crippen LogP contribution in [-0.4, -0.2) is 64.6 Å². The lowest BCUT2D eigenvalue weighted by molar-refractivity contribution is -0.150. The van der Waals surface area contributed by atoms with E-state index in [1.165, 1.54) is 7.11 Å². The van der Waals surface area contributed by atoms with Crippen LogP contribution in [0.3, 0.4) is 0 Å². The molecule has 1 aromatic carbocycles. The van der Waals surface area contributed by atoms with E-state index in [2.05, 4.69) is 15.6 Å². The smallest absolute Gasteiger partial charge is 0.410 e. The number of carbonyl (C=O) groups excluding carboxylic acids is 2. The summed E-state index contributed by atoms with van der Waals surface area (Å²) in [6.45, 7) is 1.31. The van der Waals surface area contributed by atoms with Gasteiger partial charge in [-0.1, -0.05) is 18.1 Å². The average Bonchev–Trinajstić information content (AvgIpc) is 3.82. The number of benzene rings is 1. The third kappa shape index (κ3) is 5.48. The Morgan fingerprint density at radius 2 is 1.95 bits per heavy atom. The van der Waals surface area contributed by atoms with Gasteiger partial charge in [-0.3, -0.25) is 4.79 Å². The Hall–Kier alpha value is -3.68. The SMILES string of the molecule is CCc1nonc1C(=O)N[C@H](c1nc2cc([C@@H](COC)N3C[C@@H](C(F)(F)F)NC3=O)ccc2o1)C(C1CC1)C1CC1. The highest BCUT2D eigenvalue weighted by Gasteiger charge is 2.50. The molecule has 2 aliphatic carbocycles. The maximum absolute atomic E-state index is 13.3. The van der Waals surface area contributed by atoms with E-state index in [0.717, 1.165) is 30.6 Å². The topological polar surface area (TPSA) is 136 Å². The molecule has 2 aromatic heterocycles. The number of aromatic nitrogens is 3. The minimum atomic E-state index is -4.56. The first-order valence-corrected chi connectivity index (χ1v) is 13.8. The van der Waals surface area contributed by atoms with E-state index in [4.69, 9.17) is 18.8 Å². The number of nitrogens with one attached hydrogen (secondary N) is 2. The molecule has 0 spiro atoms. The zero-order valence-corrected chi connectivity index (χ0v) is 22.6. The molecule has 0 unspecified atom stereocenters. The van der Waals surface area contributed by atoms with Gasteiger partial charge in [0.05, 0.1) is 19.2 Å². The Labute approximate surface area is 233 Å². The average molecular weight is 577 g/mol. The zero-order valence-electron chi connectivity index (χ0n) is 22.6. The molecule has 3 aliphatic rings. The van der Waals surface area contributed by atoms with Crippen LogP contribution in [0.5, 0.6) is 0 Å². The lowest BCUT2D eigenvalue weighted by Gasteiger charge is -2.27. The molecule has 6 rings (SSSR count). The molecule has 2 saturated carbocycles. The van der Waals surface area contributed by atoms with Crippen LogP contribution in [0.2, 0.25) is 0 Å². The monoisotopic (exact) mass is 576 g/mol. The normalized spacial score (nSPS) is 21.0. The standard InChI is InChI=1S/C27H31F3N6O5/c1-3-16-22(35-41-34-16)24(37)33-23(21(13-4-5-13)14-6-7-14)25-31-17-10-15(8-9-19(17)40-25)18(12-39-2)36-11-20(27(28,29)30)32-26(36)38/h8-10,13-14,18,20-21,23H,3-7,11-12H2,1-2H3,(H,32,38)(H,33,37)/t18-,20+,23+/m1/s1. The molecule has 14 heteroatoms. The second-order valence-electron chi connectivity index (χ2n) is 11.1. The second kappa shape index (κ2) is 10.6. The molecule has 0 bridgehead atoms. The van der Waals surface area contributed by atoms with Gasteiger partial charge in [-0.25, -0.2) is 14.4 Å². The van der Waals surface area contributed by atoms with Gasteiger partial charge in [-0.05, 0) is 72.7 Å². The number of urea groups is 1. The first kappa shape index (κ1) is 27.5. The van der Waals surface area contributed by atoms with Crippen LogP contribution in [0.15, 0.2) is 27.2 Å². The summed E-state index contributed by atoms with van der Waals surface area (Å²) in [7, 11) is 1.42. The van der Waals surface area contributed by atoms with Gasteiger partial charge in [0.2, 0.25) is 5.89 Å². The number of oxazole rings is 1. The number of nitrogens with zero attached hydrogens (tertiary/aromatic N) is 4. The molecule has 3 amide bonds. The maximum Gasteiger partial charge on any atom is 0.410 e. The molecular formula is C27H31F3N6O5. The van der Waals surface area contributed by atoms with Crippen molar-refractivity contribution in [1.82, 2.24) is 30.8 Å². The molecule has 1 saturated heterocycles. The van der Waals surface area contributed by atoms with E-state index >= 15 is 0 Å². The fourth-order valence-corrected chi connectivity index (χ4v) is 5.87. The predicted octanol–water partition coefficient (Wildman–Crippen LogP) is 4.32. The summed E-state index contributed by atoms with van der Waals surface area (Å²) in [4.78, 5) is 31.7. The molecule has 3 atom stereocenters. The first-order chi connectivity index (χ1) is 19.7. The summed E-state index contributed by atoms with van der Waals surface area (Å²) >= 11 is 0. The van der Waals surface area contributed by atoms with Crippen LogP contribution < -0.4 is 10.6 Å². The summed E-state index contributed by atoms with van der Waals surface area (Å²) in [5.74, 6) is 0.969. The van der Waals surface area contributed by atoms with Crippen molar-refractivity contribution in [2.45, 2.75) is 63.3 Å².